The SMILES string of the molecule is Cc1ccccc1/C=N\NC(=O)Cn1ccccc1=O. The van der Waals surface area contributed by atoms with E-state index in [0.717, 1.165) is 11.1 Å². The second-order valence-electron chi connectivity index (χ2n) is 4.32. The molecule has 102 valence electrons. The lowest BCUT2D eigenvalue weighted by atomic mass is 10.1. The first-order valence-corrected chi connectivity index (χ1v) is 6.20. The lowest BCUT2D eigenvalue weighted by molar-refractivity contribution is -0.121. The van der Waals surface area contributed by atoms with Crippen LogP contribution in [0.25, 0.3) is 0 Å². The van der Waals surface area contributed by atoms with E-state index in [1.807, 2.05) is 31.2 Å². The van der Waals surface area contributed by atoms with Crippen LogP contribution in [-0.2, 0) is 11.3 Å². The Kier molecular flexibility index (Phi) is 4.44. The number of aromatic nitrogens is 1. The average Bonchev–Trinajstić information content (AvgIpc) is 2.43. The zero-order valence-corrected chi connectivity index (χ0v) is 11.1. The fourth-order valence-electron chi connectivity index (χ4n) is 1.69. The van der Waals surface area contributed by atoms with Crippen LogP contribution in [0, 0.1) is 6.92 Å². The molecular formula is C15H15N3O2. The van der Waals surface area contributed by atoms with E-state index in [-0.39, 0.29) is 18.0 Å². The molecule has 0 saturated carbocycles. The van der Waals surface area contributed by atoms with Crippen molar-refractivity contribution in [3.63, 3.8) is 0 Å². The standard InChI is InChI=1S/C15H15N3O2/c1-12-6-2-3-7-13(12)10-16-17-14(19)11-18-9-5-4-8-15(18)20/h2-10H,11H2,1H3,(H,17,19)/b16-10-. The van der Waals surface area contributed by atoms with Crippen LogP contribution in [0.5, 0.6) is 0 Å². The summed E-state index contributed by atoms with van der Waals surface area (Å²) < 4.78 is 1.32. The molecule has 5 nitrogen and oxygen atoms in total. The molecule has 0 aliphatic heterocycles. The molecule has 1 heterocycles. The molecular weight excluding hydrogens is 254 g/mol. The number of hydrogen-bond donors (Lipinski definition) is 1. The van der Waals surface area contributed by atoms with Crippen LogP contribution in [0.4, 0.5) is 0 Å². The van der Waals surface area contributed by atoms with Crippen LogP contribution in [0.15, 0.2) is 58.6 Å². The number of hydrogen-bond acceptors (Lipinski definition) is 3. The van der Waals surface area contributed by atoms with Crippen molar-refractivity contribution >= 4 is 12.1 Å². The van der Waals surface area contributed by atoms with E-state index in [9.17, 15) is 9.59 Å². The third kappa shape index (κ3) is 3.65. The maximum Gasteiger partial charge on any atom is 0.260 e. The fraction of sp³-hybridized carbons (Fsp3) is 0.133. The Morgan fingerprint density at radius 2 is 2.00 bits per heavy atom. The quantitative estimate of drug-likeness (QED) is 0.672. The first kappa shape index (κ1) is 13.7. The molecule has 0 bridgehead atoms. The summed E-state index contributed by atoms with van der Waals surface area (Å²) in [7, 11) is 0. The number of rotatable bonds is 4. The number of carbonyl (C=O) groups excluding carboxylic acids is 1. The molecule has 1 aromatic heterocycles. The van der Waals surface area contributed by atoms with Crippen molar-refractivity contribution in [1.29, 1.82) is 0 Å². The van der Waals surface area contributed by atoms with Gasteiger partial charge in [0.1, 0.15) is 6.54 Å². The number of nitrogens with one attached hydrogen (secondary N) is 1. The molecule has 0 unspecified atom stereocenters. The first-order valence-electron chi connectivity index (χ1n) is 6.20. The minimum atomic E-state index is -0.344. The summed E-state index contributed by atoms with van der Waals surface area (Å²) >= 11 is 0. The van der Waals surface area contributed by atoms with Gasteiger partial charge in [-0.1, -0.05) is 30.3 Å². The van der Waals surface area contributed by atoms with Crippen molar-refractivity contribution in [2.75, 3.05) is 0 Å². The molecule has 20 heavy (non-hydrogen) atoms. The summed E-state index contributed by atoms with van der Waals surface area (Å²) in [6.07, 6.45) is 3.15. The largest absolute Gasteiger partial charge is 0.306 e. The van der Waals surface area contributed by atoms with Gasteiger partial charge in [0.05, 0.1) is 6.21 Å². The Morgan fingerprint density at radius 1 is 1.25 bits per heavy atom. The summed E-state index contributed by atoms with van der Waals surface area (Å²) in [5.74, 6) is -0.344. The predicted octanol–water partition coefficient (Wildman–Crippen LogP) is 1.31. The third-order valence-corrected chi connectivity index (χ3v) is 2.79. The lowest BCUT2D eigenvalue weighted by Gasteiger charge is -2.03. The van der Waals surface area contributed by atoms with Crippen molar-refractivity contribution in [2.45, 2.75) is 13.5 Å². The van der Waals surface area contributed by atoms with Gasteiger partial charge in [-0.15, -0.1) is 0 Å². The molecule has 1 amide bonds. The Balaban J connectivity index is 1.95. The average molecular weight is 269 g/mol. The van der Waals surface area contributed by atoms with Crippen molar-refractivity contribution in [3.8, 4) is 0 Å². The van der Waals surface area contributed by atoms with Crippen molar-refractivity contribution in [3.05, 3.63) is 70.1 Å². The number of carbonyl (C=O) groups is 1. The maximum atomic E-state index is 11.7. The van der Waals surface area contributed by atoms with Crippen molar-refractivity contribution < 1.29 is 4.79 Å². The smallest absolute Gasteiger partial charge is 0.260 e. The zero-order chi connectivity index (χ0) is 14.4. The van der Waals surface area contributed by atoms with E-state index in [4.69, 9.17) is 0 Å². The molecule has 0 radical (unpaired) electrons. The van der Waals surface area contributed by atoms with Crippen molar-refractivity contribution in [1.82, 2.24) is 9.99 Å². The van der Waals surface area contributed by atoms with E-state index in [1.54, 1.807) is 24.5 Å². The van der Waals surface area contributed by atoms with Crippen LogP contribution in [0.1, 0.15) is 11.1 Å². The van der Waals surface area contributed by atoms with Crippen LogP contribution >= 0.6 is 0 Å². The van der Waals surface area contributed by atoms with Crippen LogP contribution in [0.2, 0.25) is 0 Å². The maximum absolute atomic E-state index is 11.7. The summed E-state index contributed by atoms with van der Waals surface area (Å²) in [5, 5.41) is 3.89. The molecule has 0 fully saturated rings. The second kappa shape index (κ2) is 6.47. The zero-order valence-electron chi connectivity index (χ0n) is 11.1. The molecule has 2 aromatic rings. The van der Waals surface area contributed by atoms with Gasteiger partial charge in [-0.05, 0) is 24.1 Å². The molecule has 1 N–H and O–H groups in total. The minimum Gasteiger partial charge on any atom is -0.306 e. The fourth-order valence-corrected chi connectivity index (χ4v) is 1.69. The number of benzene rings is 1. The highest BCUT2D eigenvalue weighted by molar-refractivity contribution is 5.83. The molecule has 0 spiro atoms. The van der Waals surface area contributed by atoms with Gasteiger partial charge in [0.25, 0.3) is 11.5 Å². The lowest BCUT2D eigenvalue weighted by Crippen LogP contribution is -2.29. The van der Waals surface area contributed by atoms with Gasteiger partial charge in [0.15, 0.2) is 0 Å². The van der Waals surface area contributed by atoms with Gasteiger partial charge >= 0.3 is 0 Å². The molecule has 0 atom stereocenters. The third-order valence-electron chi connectivity index (χ3n) is 2.79. The van der Waals surface area contributed by atoms with Gasteiger partial charge in [-0.3, -0.25) is 9.59 Å². The Bertz CT molecular complexity index is 689. The highest BCUT2D eigenvalue weighted by atomic mass is 16.2. The van der Waals surface area contributed by atoms with Gasteiger partial charge in [0, 0.05) is 12.3 Å². The first-order chi connectivity index (χ1) is 9.66. The van der Waals surface area contributed by atoms with E-state index in [2.05, 4.69) is 10.5 Å². The summed E-state index contributed by atoms with van der Waals surface area (Å²) in [5.41, 5.74) is 4.20. The van der Waals surface area contributed by atoms with Gasteiger partial charge in [-0.2, -0.15) is 5.10 Å². The predicted molar refractivity (Wildman–Crippen MR) is 77.6 cm³/mol. The number of aryl methyl sites for hydroxylation is 1. The molecule has 5 heteroatoms. The van der Waals surface area contributed by atoms with Crippen LogP contribution in [0.3, 0.4) is 0 Å². The number of amides is 1. The minimum absolute atomic E-state index is 0.0508. The van der Waals surface area contributed by atoms with Crippen LogP contribution < -0.4 is 11.0 Å². The van der Waals surface area contributed by atoms with Crippen molar-refractivity contribution in [2.24, 2.45) is 5.10 Å². The molecule has 0 aliphatic carbocycles. The number of hydrazone groups is 1. The van der Waals surface area contributed by atoms with Gasteiger partial charge < -0.3 is 4.57 Å². The number of pyridine rings is 1. The van der Waals surface area contributed by atoms with E-state index < -0.39 is 0 Å². The summed E-state index contributed by atoms with van der Waals surface area (Å²) in [4.78, 5) is 23.1. The molecule has 1 aromatic carbocycles. The second-order valence-corrected chi connectivity index (χ2v) is 4.32. The van der Waals surface area contributed by atoms with E-state index in [0.29, 0.717) is 0 Å². The Labute approximate surface area is 116 Å². The van der Waals surface area contributed by atoms with E-state index in [1.165, 1.54) is 10.6 Å². The van der Waals surface area contributed by atoms with Crippen LogP contribution in [-0.4, -0.2) is 16.7 Å². The Hall–Kier alpha value is -2.69. The van der Waals surface area contributed by atoms with Gasteiger partial charge in [0.2, 0.25) is 0 Å². The summed E-state index contributed by atoms with van der Waals surface area (Å²) in [6.45, 7) is 1.91. The highest BCUT2D eigenvalue weighted by Crippen LogP contribution is 2.02. The normalized spacial score (nSPS) is 10.7. The molecule has 2 rings (SSSR count). The monoisotopic (exact) mass is 269 g/mol. The van der Waals surface area contributed by atoms with Gasteiger partial charge in [-0.25, -0.2) is 5.43 Å². The Morgan fingerprint density at radius 3 is 2.75 bits per heavy atom. The number of nitrogens with zero attached hydrogens (tertiary/aromatic N) is 2. The highest BCUT2D eigenvalue weighted by Gasteiger charge is 2.01. The van der Waals surface area contributed by atoms with E-state index >= 15 is 0 Å². The topological polar surface area (TPSA) is 63.5 Å². The molecule has 0 saturated heterocycles. The summed E-state index contributed by atoms with van der Waals surface area (Å²) in [6, 6.07) is 12.5. The molecule has 0 aliphatic rings.